The van der Waals surface area contributed by atoms with Crippen LogP contribution in [0.3, 0.4) is 0 Å². The first-order valence-corrected chi connectivity index (χ1v) is 9.87. The highest BCUT2D eigenvalue weighted by molar-refractivity contribution is 6.22. The molecule has 3 amide bonds. The van der Waals surface area contributed by atoms with E-state index in [4.69, 9.17) is 0 Å². The van der Waals surface area contributed by atoms with Crippen LogP contribution in [0.4, 0.5) is 11.4 Å². The van der Waals surface area contributed by atoms with Crippen LogP contribution in [0.15, 0.2) is 54.1 Å². The van der Waals surface area contributed by atoms with Gasteiger partial charge in [-0.15, -0.1) is 0 Å². The molecule has 4 rings (SSSR count). The van der Waals surface area contributed by atoms with E-state index in [-0.39, 0.29) is 29.6 Å². The molecule has 148 valence electrons. The second-order valence-corrected chi connectivity index (χ2v) is 8.04. The molecular formula is C24H24N2O3. The van der Waals surface area contributed by atoms with Crippen molar-refractivity contribution < 1.29 is 14.4 Å². The van der Waals surface area contributed by atoms with Gasteiger partial charge in [-0.25, -0.2) is 0 Å². The summed E-state index contributed by atoms with van der Waals surface area (Å²) in [5.74, 6) is -1.19. The van der Waals surface area contributed by atoms with Gasteiger partial charge < -0.3 is 5.32 Å². The molecule has 2 aromatic carbocycles. The molecule has 5 nitrogen and oxygen atoms in total. The lowest BCUT2D eigenvalue weighted by Gasteiger charge is -2.18. The summed E-state index contributed by atoms with van der Waals surface area (Å²) in [6, 6.07) is 12.6. The third kappa shape index (κ3) is 3.48. The van der Waals surface area contributed by atoms with E-state index >= 15 is 0 Å². The van der Waals surface area contributed by atoms with Crippen molar-refractivity contribution in [2.75, 3.05) is 10.2 Å². The number of amides is 3. The number of anilines is 2. The molecule has 5 heteroatoms. The summed E-state index contributed by atoms with van der Waals surface area (Å²) < 4.78 is 0. The van der Waals surface area contributed by atoms with Crippen LogP contribution in [-0.4, -0.2) is 17.7 Å². The van der Waals surface area contributed by atoms with E-state index in [0.29, 0.717) is 24.1 Å². The van der Waals surface area contributed by atoms with E-state index in [9.17, 15) is 14.4 Å². The molecule has 1 fully saturated rings. The summed E-state index contributed by atoms with van der Waals surface area (Å²) in [6.45, 7) is 5.90. The summed E-state index contributed by atoms with van der Waals surface area (Å²) in [6.07, 6.45) is 3.27. The van der Waals surface area contributed by atoms with Gasteiger partial charge in [0.2, 0.25) is 11.8 Å². The molecule has 1 saturated heterocycles. The van der Waals surface area contributed by atoms with Gasteiger partial charge in [0, 0.05) is 11.3 Å². The fourth-order valence-corrected chi connectivity index (χ4v) is 4.14. The fraction of sp³-hybridized carbons (Fsp3) is 0.292. The lowest BCUT2D eigenvalue weighted by Crippen LogP contribution is -2.31. The molecule has 1 heterocycles. The zero-order valence-electron chi connectivity index (χ0n) is 16.9. The van der Waals surface area contributed by atoms with Crippen LogP contribution in [0, 0.1) is 25.7 Å². The first kappa shape index (κ1) is 19.1. The van der Waals surface area contributed by atoms with Crippen LogP contribution in [0.25, 0.3) is 0 Å². The van der Waals surface area contributed by atoms with Crippen molar-refractivity contribution in [1.82, 2.24) is 0 Å². The summed E-state index contributed by atoms with van der Waals surface area (Å²) in [5.41, 5.74) is 4.79. The minimum atomic E-state index is -0.293. The second-order valence-electron chi connectivity index (χ2n) is 8.04. The largest absolute Gasteiger partial charge is 0.322 e. The number of allylic oxidation sites excluding steroid dienone is 2. The van der Waals surface area contributed by atoms with E-state index in [0.717, 1.165) is 22.4 Å². The van der Waals surface area contributed by atoms with Crippen molar-refractivity contribution in [3.05, 3.63) is 70.8 Å². The third-order valence-corrected chi connectivity index (χ3v) is 5.83. The fourth-order valence-electron chi connectivity index (χ4n) is 4.14. The van der Waals surface area contributed by atoms with E-state index < -0.39 is 0 Å². The maximum Gasteiger partial charge on any atom is 0.255 e. The molecular weight excluding hydrogens is 364 g/mol. The topological polar surface area (TPSA) is 66.5 Å². The highest BCUT2D eigenvalue weighted by atomic mass is 16.2. The number of hydrogen-bond acceptors (Lipinski definition) is 3. The predicted octanol–water partition coefficient (Wildman–Crippen LogP) is 4.40. The third-order valence-electron chi connectivity index (χ3n) is 5.83. The Bertz CT molecular complexity index is 1050. The second kappa shape index (κ2) is 7.32. The normalized spacial score (nSPS) is 21.1. The van der Waals surface area contributed by atoms with Crippen molar-refractivity contribution in [3.8, 4) is 0 Å². The highest BCUT2D eigenvalue weighted by Gasteiger charge is 2.48. The van der Waals surface area contributed by atoms with Crippen molar-refractivity contribution >= 4 is 29.1 Å². The number of nitrogens with one attached hydrogen (secondary N) is 1. The summed E-state index contributed by atoms with van der Waals surface area (Å²) in [4.78, 5) is 39.9. The number of fused-ring (bicyclic) bond motifs is 1. The molecule has 2 aliphatic rings. The monoisotopic (exact) mass is 388 g/mol. The maximum atomic E-state index is 12.9. The molecule has 1 aliphatic heterocycles. The number of nitrogens with zero attached hydrogens (tertiary/aromatic N) is 1. The Hall–Kier alpha value is -3.21. The number of benzene rings is 2. The van der Waals surface area contributed by atoms with E-state index in [1.807, 2.05) is 45.0 Å². The van der Waals surface area contributed by atoms with E-state index in [2.05, 4.69) is 5.32 Å². The SMILES string of the molecule is CC1=CC[C@@H]2C(=O)N(c3cccc(C(=O)Nc4cc(C)ccc4C)c3)C(=O)[C@H]2C1. The number of imide groups is 1. The van der Waals surface area contributed by atoms with Crippen LogP contribution >= 0.6 is 0 Å². The highest BCUT2D eigenvalue weighted by Crippen LogP contribution is 2.39. The Morgan fingerprint density at radius 2 is 1.76 bits per heavy atom. The average molecular weight is 388 g/mol. The van der Waals surface area contributed by atoms with Crippen molar-refractivity contribution in [2.24, 2.45) is 11.8 Å². The van der Waals surface area contributed by atoms with Gasteiger partial charge in [0.05, 0.1) is 17.5 Å². The van der Waals surface area contributed by atoms with Gasteiger partial charge in [0.15, 0.2) is 0 Å². The van der Waals surface area contributed by atoms with Crippen molar-refractivity contribution in [3.63, 3.8) is 0 Å². The summed E-state index contributed by atoms with van der Waals surface area (Å²) >= 11 is 0. The standard InChI is InChI=1S/C24H24N2O3/c1-14-8-10-19-20(11-14)24(29)26(23(19)28)18-6-4-5-17(13-18)22(27)25-21-12-15(2)7-9-16(21)3/h4-9,12-13,19-20H,10-11H2,1-3H3,(H,25,27)/t19-,20-/m0/s1. The Morgan fingerprint density at radius 1 is 1.00 bits per heavy atom. The molecule has 2 atom stereocenters. The average Bonchev–Trinajstić information content (AvgIpc) is 2.94. The van der Waals surface area contributed by atoms with Gasteiger partial charge >= 0.3 is 0 Å². The Kier molecular flexibility index (Phi) is 4.82. The molecule has 0 aromatic heterocycles. The van der Waals surface area contributed by atoms with Gasteiger partial charge in [0.25, 0.3) is 5.91 Å². The van der Waals surface area contributed by atoms with Crippen LogP contribution in [0.1, 0.15) is 41.3 Å². The molecule has 0 radical (unpaired) electrons. The maximum absolute atomic E-state index is 12.9. The number of carbonyl (C=O) groups excluding carboxylic acids is 3. The van der Waals surface area contributed by atoms with Crippen LogP contribution in [-0.2, 0) is 9.59 Å². The zero-order valence-corrected chi connectivity index (χ0v) is 16.9. The molecule has 0 unspecified atom stereocenters. The van der Waals surface area contributed by atoms with Crippen LogP contribution < -0.4 is 10.2 Å². The van der Waals surface area contributed by atoms with Gasteiger partial charge in [-0.1, -0.05) is 29.8 Å². The number of hydrogen-bond donors (Lipinski definition) is 1. The van der Waals surface area contributed by atoms with Crippen molar-refractivity contribution in [2.45, 2.75) is 33.6 Å². The first-order chi connectivity index (χ1) is 13.8. The predicted molar refractivity (Wildman–Crippen MR) is 113 cm³/mol. The van der Waals surface area contributed by atoms with E-state index in [1.54, 1.807) is 24.3 Å². The smallest absolute Gasteiger partial charge is 0.255 e. The number of carbonyl (C=O) groups is 3. The minimum absolute atomic E-state index is 0.167. The van der Waals surface area contributed by atoms with Gasteiger partial charge in [-0.2, -0.15) is 0 Å². The number of rotatable bonds is 3. The Labute approximate surface area is 170 Å². The quantitative estimate of drug-likeness (QED) is 0.626. The van der Waals surface area contributed by atoms with Gasteiger partial charge in [-0.3, -0.25) is 19.3 Å². The summed E-state index contributed by atoms with van der Waals surface area (Å²) in [7, 11) is 0. The zero-order chi connectivity index (χ0) is 20.7. The molecule has 1 N–H and O–H groups in total. The Morgan fingerprint density at radius 3 is 2.55 bits per heavy atom. The van der Waals surface area contributed by atoms with Gasteiger partial charge in [0.1, 0.15) is 0 Å². The molecule has 0 saturated carbocycles. The molecule has 0 bridgehead atoms. The van der Waals surface area contributed by atoms with Crippen molar-refractivity contribution in [1.29, 1.82) is 0 Å². The van der Waals surface area contributed by atoms with Crippen LogP contribution in [0.2, 0.25) is 0 Å². The number of aryl methyl sites for hydroxylation is 2. The molecule has 0 spiro atoms. The minimum Gasteiger partial charge on any atom is -0.322 e. The first-order valence-electron chi connectivity index (χ1n) is 9.87. The lowest BCUT2D eigenvalue weighted by molar-refractivity contribution is -0.122. The molecule has 29 heavy (non-hydrogen) atoms. The lowest BCUT2D eigenvalue weighted by atomic mass is 9.82. The summed E-state index contributed by atoms with van der Waals surface area (Å²) in [5, 5.41) is 2.93. The van der Waals surface area contributed by atoms with Gasteiger partial charge in [-0.05, 0) is 69.0 Å². The Balaban J connectivity index is 1.59. The van der Waals surface area contributed by atoms with Crippen LogP contribution in [0.5, 0.6) is 0 Å². The van der Waals surface area contributed by atoms with E-state index in [1.165, 1.54) is 4.90 Å². The molecule has 2 aromatic rings. The molecule has 1 aliphatic carbocycles.